The number of carbonyl (C=O) groups excluding carboxylic acids is 1. The fraction of sp³-hybridized carbons (Fsp3) is 0.400. The SMILES string of the molecule is O=C(c1ccncc1O)N1CC(CO)C1. The van der Waals surface area contributed by atoms with Crippen LogP contribution in [0.4, 0.5) is 0 Å². The van der Waals surface area contributed by atoms with Crippen LogP contribution in [0.15, 0.2) is 18.5 Å². The van der Waals surface area contributed by atoms with Gasteiger partial charge in [0.15, 0.2) is 0 Å². The van der Waals surface area contributed by atoms with Gasteiger partial charge in [-0.15, -0.1) is 0 Å². The number of aliphatic hydroxyl groups is 1. The zero-order valence-electron chi connectivity index (χ0n) is 8.13. The maximum absolute atomic E-state index is 11.8. The quantitative estimate of drug-likeness (QED) is 0.709. The summed E-state index contributed by atoms with van der Waals surface area (Å²) in [7, 11) is 0. The summed E-state index contributed by atoms with van der Waals surface area (Å²) in [5.41, 5.74) is 0.265. The van der Waals surface area contributed by atoms with Crippen molar-refractivity contribution in [1.82, 2.24) is 9.88 Å². The molecule has 5 heteroatoms. The number of aromatic nitrogens is 1. The molecule has 1 amide bonds. The van der Waals surface area contributed by atoms with E-state index in [4.69, 9.17) is 5.11 Å². The molecule has 0 atom stereocenters. The molecule has 0 unspecified atom stereocenters. The molecule has 1 aromatic rings. The number of rotatable bonds is 2. The molecule has 0 spiro atoms. The second-order valence-corrected chi connectivity index (χ2v) is 3.65. The highest BCUT2D eigenvalue weighted by Crippen LogP contribution is 2.22. The highest BCUT2D eigenvalue weighted by molar-refractivity contribution is 5.97. The summed E-state index contributed by atoms with van der Waals surface area (Å²) >= 11 is 0. The molecule has 15 heavy (non-hydrogen) atoms. The van der Waals surface area contributed by atoms with Crippen LogP contribution in [0.5, 0.6) is 5.75 Å². The molecule has 5 nitrogen and oxygen atoms in total. The first kappa shape index (κ1) is 9.92. The number of hydrogen-bond acceptors (Lipinski definition) is 4. The Labute approximate surface area is 87.0 Å². The van der Waals surface area contributed by atoms with Crippen LogP contribution in [0.2, 0.25) is 0 Å². The molecule has 0 bridgehead atoms. The second-order valence-electron chi connectivity index (χ2n) is 3.65. The molecule has 1 aromatic heterocycles. The number of pyridine rings is 1. The Morgan fingerprint density at radius 1 is 1.60 bits per heavy atom. The fourth-order valence-corrected chi connectivity index (χ4v) is 1.59. The summed E-state index contributed by atoms with van der Waals surface area (Å²) in [4.78, 5) is 17.1. The van der Waals surface area contributed by atoms with Gasteiger partial charge in [0.05, 0.1) is 11.8 Å². The molecule has 1 saturated heterocycles. The number of amides is 1. The number of aromatic hydroxyl groups is 1. The molecule has 2 N–H and O–H groups in total. The smallest absolute Gasteiger partial charge is 0.257 e. The number of hydrogen-bond donors (Lipinski definition) is 2. The first-order chi connectivity index (χ1) is 7.22. The molecule has 2 heterocycles. The summed E-state index contributed by atoms with van der Waals surface area (Å²) in [6.45, 7) is 1.21. The van der Waals surface area contributed by atoms with Crippen LogP contribution in [-0.4, -0.2) is 45.7 Å². The highest BCUT2D eigenvalue weighted by Gasteiger charge is 2.31. The van der Waals surface area contributed by atoms with E-state index in [1.165, 1.54) is 18.5 Å². The van der Waals surface area contributed by atoms with Crippen molar-refractivity contribution < 1.29 is 15.0 Å². The van der Waals surface area contributed by atoms with Gasteiger partial charge in [-0.05, 0) is 6.07 Å². The maximum atomic E-state index is 11.8. The van der Waals surface area contributed by atoms with Crippen LogP contribution >= 0.6 is 0 Å². The summed E-state index contributed by atoms with van der Waals surface area (Å²) in [5, 5.41) is 18.2. The predicted molar refractivity (Wildman–Crippen MR) is 52.4 cm³/mol. The van der Waals surface area contributed by atoms with Gasteiger partial charge in [0.2, 0.25) is 0 Å². The van der Waals surface area contributed by atoms with Crippen LogP contribution in [-0.2, 0) is 0 Å². The molecule has 1 aliphatic heterocycles. The van der Waals surface area contributed by atoms with Crippen molar-refractivity contribution >= 4 is 5.91 Å². The Morgan fingerprint density at radius 3 is 2.93 bits per heavy atom. The molecule has 0 aliphatic carbocycles. The molecule has 2 rings (SSSR count). The van der Waals surface area contributed by atoms with Crippen molar-refractivity contribution in [3.63, 3.8) is 0 Å². The lowest BCUT2D eigenvalue weighted by atomic mass is 10.00. The van der Waals surface area contributed by atoms with Gasteiger partial charge in [-0.2, -0.15) is 0 Å². The van der Waals surface area contributed by atoms with Gasteiger partial charge in [-0.25, -0.2) is 0 Å². The van der Waals surface area contributed by atoms with E-state index in [2.05, 4.69) is 4.98 Å². The Bertz CT molecular complexity index is 375. The normalized spacial score (nSPS) is 16.2. The third-order valence-electron chi connectivity index (χ3n) is 2.53. The predicted octanol–water partition coefficient (Wildman–Crippen LogP) is -0.149. The van der Waals surface area contributed by atoms with Crippen molar-refractivity contribution in [2.24, 2.45) is 5.92 Å². The number of likely N-dealkylation sites (tertiary alicyclic amines) is 1. The summed E-state index contributed by atoms with van der Waals surface area (Å²) in [6.07, 6.45) is 2.72. The Kier molecular flexibility index (Phi) is 2.55. The van der Waals surface area contributed by atoms with Gasteiger partial charge in [0.25, 0.3) is 5.91 Å². The standard InChI is InChI=1S/C10H12N2O3/c13-6-7-4-12(5-7)10(15)8-1-2-11-3-9(8)14/h1-3,7,13-14H,4-6H2. The van der Waals surface area contributed by atoms with E-state index < -0.39 is 0 Å². The van der Waals surface area contributed by atoms with Gasteiger partial charge in [-0.1, -0.05) is 0 Å². The number of nitrogens with zero attached hydrogens (tertiary/aromatic N) is 2. The average Bonchev–Trinajstić information content (AvgIpc) is 2.16. The first-order valence-corrected chi connectivity index (χ1v) is 4.75. The zero-order valence-corrected chi connectivity index (χ0v) is 8.13. The molecule has 1 aliphatic rings. The van der Waals surface area contributed by atoms with Gasteiger partial charge >= 0.3 is 0 Å². The van der Waals surface area contributed by atoms with Gasteiger partial charge in [-0.3, -0.25) is 9.78 Å². The second kappa shape index (κ2) is 3.86. The molecular weight excluding hydrogens is 196 g/mol. The molecule has 0 radical (unpaired) electrons. The minimum atomic E-state index is -0.209. The van der Waals surface area contributed by atoms with E-state index >= 15 is 0 Å². The van der Waals surface area contributed by atoms with Crippen molar-refractivity contribution in [3.8, 4) is 5.75 Å². The van der Waals surface area contributed by atoms with E-state index in [-0.39, 0.29) is 29.7 Å². The lowest BCUT2D eigenvalue weighted by molar-refractivity contribution is 0.0359. The van der Waals surface area contributed by atoms with Crippen LogP contribution in [0.3, 0.4) is 0 Å². The van der Waals surface area contributed by atoms with E-state index in [1.807, 2.05) is 0 Å². The lowest BCUT2D eigenvalue weighted by Crippen LogP contribution is -2.51. The maximum Gasteiger partial charge on any atom is 0.257 e. The van der Waals surface area contributed by atoms with Crippen LogP contribution in [0.1, 0.15) is 10.4 Å². The third-order valence-corrected chi connectivity index (χ3v) is 2.53. The van der Waals surface area contributed by atoms with Crippen molar-refractivity contribution in [2.75, 3.05) is 19.7 Å². The molecular formula is C10H12N2O3. The van der Waals surface area contributed by atoms with Gasteiger partial charge in [0, 0.05) is 31.8 Å². The molecule has 0 aromatic carbocycles. The van der Waals surface area contributed by atoms with Crippen molar-refractivity contribution in [3.05, 3.63) is 24.0 Å². The average molecular weight is 208 g/mol. The molecule has 1 fully saturated rings. The number of carbonyl (C=O) groups is 1. The van der Waals surface area contributed by atoms with Crippen LogP contribution < -0.4 is 0 Å². The summed E-state index contributed by atoms with van der Waals surface area (Å²) in [6, 6.07) is 1.49. The summed E-state index contributed by atoms with van der Waals surface area (Å²) < 4.78 is 0. The zero-order chi connectivity index (χ0) is 10.8. The number of aliphatic hydroxyl groups excluding tert-OH is 1. The van der Waals surface area contributed by atoms with Crippen LogP contribution in [0.25, 0.3) is 0 Å². The van der Waals surface area contributed by atoms with E-state index in [1.54, 1.807) is 4.90 Å². The van der Waals surface area contributed by atoms with Gasteiger partial charge in [0.1, 0.15) is 5.75 Å². The van der Waals surface area contributed by atoms with E-state index in [9.17, 15) is 9.90 Å². The monoisotopic (exact) mass is 208 g/mol. The Morgan fingerprint density at radius 2 is 2.33 bits per heavy atom. The highest BCUT2D eigenvalue weighted by atomic mass is 16.3. The lowest BCUT2D eigenvalue weighted by Gasteiger charge is -2.38. The largest absolute Gasteiger partial charge is 0.505 e. The molecule has 0 saturated carbocycles. The summed E-state index contributed by atoms with van der Waals surface area (Å²) in [5.74, 6) is -0.132. The topological polar surface area (TPSA) is 73.7 Å². The van der Waals surface area contributed by atoms with E-state index in [0.717, 1.165) is 0 Å². The Balaban J connectivity index is 2.07. The molecule has 80 valence electrons. The van der Waals surface area contributed by atoms with Crippen molar-refractivity contribution in [2.45, 2.75) is 0 Å². The van der Waals surface area contributed by atoms with Crippen molar-refractivity contribution in [1.29, 1.82) is 0 Å². The fourth-order valence-electron chi connectivity index (χ4n) is 1.59. The third kappa shape index (κ3) is 1.78. The Hall–Kier alpha value is -1.62. The minimum absolute atomic E-state index is 0.102. The van der Waals surface area contributed by atoms with Gasteiger partial charge < -0.3 is 15.1 Å². The van der Waals surface area contributed by atoms with Crippen LogP contribution in [0, 0.1) is 5.92 Å². The minimum Gasteiger partial charge on any atom is -0.505 e. The first-order valence-electron chi connectivity index (χ1n) is 4.75. The van der Waals surface area contributed by atoms with E-state index in [0.29, 0.717) is 13.1 Å².